The number of ether oxygens (including phenoxy) is 1. The van der Waals surface area contributed by atoms with Gasteiger partial charge in [0.05, 0.1) is 5.25 Å². The third-order valence-corrected chi connectivity index (χ3v) is 5.88. The molecule has 1 saturated carbocycles. The number of hydrogen-bond acceptors (Lipinski definition) is 5. The van der Waals surface area contributed by atoms with E-state index in [9.17, 15) is 13.2 Å². The van der Waals surface area contributed by atoms with Gasteiger partial charge in [-0.15, -0.1) is 0 Å². The third-order valence-electron chi connectivity index (χ3n) is 3.65. The predicted molar refractivity (Wildman–Crippen MR) is 79.3 cm³/mol. The molecule has 1 aliphatic rings. The molecule has 0 aromatic carbocycles. The second kappa shape index (κ2) is 6.43. The van der Waals surface area contributed by atoms with Crippen molar-refractivity contribution in [1.29, 1.82) is 0 Å². The van der Waals surface area contributed by atoms with Crippen LogP contribution in [0, 0.1) is 5.92 Å². The topological polar surface area (TPSA) is 72.5 Å². The SMILES string of the molecule is CCNC1CCC(S(=O)(=O)CC(=O)OC(C)(C)C)C1C. The monoisotopic (exact) mass is 305 g/mol. The number of sulfone groups is 1. The minimum atomic E-state index is -3.45. The first-order chi connectivity index (χ1) is 9.07. The smallest absolute Gasteiger partial charge is 0.321 e. The van der Waals surface area contributed by atoms with Crippen molar-refractivity contribution in [3.63, 3.8) is 0 Å². The predicted octanol–water partition coefficient (Wildman–Crippen LogP) is 1.52. The van der Waals surface area contributed by atoms with Crippen LogP contribution in [0.1, 0.15) is 47.5 Å². The molecule has 0 amide bonds. The average molecular weight is 305 g/mol. The van der Waals surface area contributed by atoms with Crippen LogP contribution in [-0.2, 0) is 19.4 Å². The minimum Gasteiger partial charge on any atom is -0.459 e. The molecule has 1 fully saturated rings. The molecule has 1 N–H and O–H groups in total. The summed E-state index contributed by atoms with van der Waals surface area (Å²) < 4.78 is 29.8. The van der Waals surface area contributed by atoms with E-state index in [1.54, 1.807) is 20.8 Å². The molecule has 5 nitrogen and oxygen atoms in total. The van der Waals surface area contributed by atoms with Gasteiger partial charge in [-0.3, -0.25) is 4.79 Å². The number of hydrogen-bond donors (Lipinski definition) is 1. The molecule has 0 bridgehead atoms. The van der Waals surface area contributed by atoms with Gasteiger partial charge in [-0.1, -0.05) is 13.8 Å². The zero-order valence-electron chi connectivity index (χ0n) is 13.1. The van der Waals surface area contributed by atoms with E-state index in [1.807, 2.05) is 13.8 Å². The minimum absolute atomic E-state index is 0.0300. The maximum absolute atomic E-state index is 12.4. The molecule has 0 aromatic rings. The van der Waals surface area contributed by atoms with E-state index in [2.05, 4.69) is 5.32 Å². The van der Waals surface area contributed by atoms with Crippen LogP contribution in [0.3, 0.4) is 0 Å². The van der Waals surface area contributed by atoms with Crippen molar-refractivity contribution in [2.75, 3.05) is 12.3 Å². The van der Waals surface area contributed by atoms with Crippen molar-refractivity contribution >= 4 is 15.8 Å². The lowest BCUT2D eigenvalue weighted by atomic mass is 10.1. The highest BCUT2D eigenvalue weighted by Crippen LogP contribution is 2.31. The maximum atomic E-state index is 12.4. The van der Waals surface area contributed by atoms with Crippen LogP contribution < -0.4 is 5.32 Å². The highest BCUT2D eigenvalue weighted by Gasteiger charge is 2.41. The second-order valence-electron chi connectivity index (χ2n) is 6.53. The molecule has 0 radical (unpaired) electrons. The van der Waals surface area contributed by atoms with Gasteiger partial charge in [0.15, 0.2) is 9.84 Å². The summed E-state index contributed by atoms with van der Waals surface area (Å²) in [5.74, 6) is -1.14. The fourth-order valence-electron chi connectivity index (χ4n) is 2.83. The first-order valence-corrected chi connectivity index (χ1v) is 8.95. The first kappa shape index (κ1) is 17.4. The molecule has 20 heavy (non-hydrogen) atoms. The standard InChI is InChI=1S/C14H27NO4S/c1-6-15-11-7-8-12(10(11)2)20(17,18)9-13(16)19-14(3,4)5/h10-12,15H,6-9H2,1-5H3. The van der Waals surface area contributed by atoms with Gasteiger partial charge < -0.3 is 10.1 Å². The third kappa shape index (κ3) is 4.74. The van der Waals surface area contributed by atoms with Gasteiger partial charge in [0.2, 0.25) is 0 Å². The molecule has 6 heteroatoms. The Bertz CT molecular complexity index is 439. The summed E-state index contributed by atoms with van der Waals surface area (Å²) in [6.45, 7) is 9.98. The maximum Gasteiger partial charge on any atom is 0.321 e. The van der Waals surface area contributed by atoms with E-state index in [0.29, 0.717) is 6.42 Å². The molecule has 118 valence electrons. The number of carbonyl (C=O) groups excluding carboxylic acids is 1. The summed E-state index contributed by atoms with van der Waals surface area (Å²) in [5.41, 5.74) is -0.653. The van der Waals surface area contributed by atoms with E-state index in [4.69, 9.17) is 4.74 Å². The fourth-order valence-corrected chi connectivity index (χ4v) is 4.77. The number of nitrogens with one attached hydrogen (secondary N) is 1. The van der Waals surface area contributed by atoms with Gasteiger partial charge in [-0.2, -0.15) is 0 Å². The molecule has 0 aliphatic heterocycles. The van der Waals surface area contributed by atoms with Crippen LogP contribution in [0.15, 0.2) is 0 Å². The van der Waals surface area contributed by atoms with Gasteiger partial charge in [-0.25, -0.2) is 8.42 Å². The fraction of sp³-hybridized carbons (Fsp3) is 0.929. The Labute approximate surface area is 122 Å². The van der Waals surface area contributed by atoms with Gasteiger partial charge in [0.1, 0.15) is 11.4 Å². The van der Waals surface area contributed by atoms with Crippen LogP contribution in [0.4, 0.5) is 0 Å². The van der Waals surface area contributed by atoms with Crippen molar-refractivity contribution in [2.45, 2.75) is 64.4 Å². The van der Waals surface area contributed by atoms with Crippen molar-refractivity contribution < 1.29 is 17.9 Å². The largest absolute Gasteiger partial charge is 0.459 e. The molecule has 0 saturated heterocycles. The average Bonchev–Trinajstić information content (AvgIpc) is 2.57. The quantitative estimate of drug-likeness (QED) is 0.780. The van der Waals surface area contributed by atoms with Crippen LogP contribution in [0.5, 0.6) is 0 Å². The summed E-state index contributed by atoms with van der Waals surface area (Å²) in [5, 5.41) is 2.86. The highest BCUT2D eigenvalue weighted by atomic mass is 32.2. The van der Waals surface area contributed by atoms with Crippen molar-refractivity contribution in [1.82, 2.24) is 5.32 Å². The molecule has 3 unspecified atom stereocenters. The van der Waals surface area contributed by atoms with Gasteiger partial charge in [-0.05, 0) is 46.1 Å². The Kier molecular flexibility index (Phi) is 5.61. The Balaban J connectivity index is 2.68. The Hall–Kier alpha value is -0.620. The molecule has 0 heterocycles. The highest BCUT2D eigenvalue weighted by molar-refractivity contribution is 7.92. The summed E-state index contributed by atoms with van der Waals surface area (Å²) in [6.07, 6.45) is 1.46. The van der Waals surface area contributed by atoms with E-state index in [-0.39, 0.29) is 12.0 Å². The van der Waals surface area contributed by atoms with Gasteiger partial charge in [0, 0.05) is 6.04 Å². The lowest BCUT2D eigenvalue weighted by Gasteiger charge is -2.23. The lowest BCUT2D eigenvalue weighted by molar-refractivity contribution is -0.151. The van der Waals surface area contributed by atoms with E-state index in [0.717, 1.165) is 13.0 Å². The molecular weight excluding hydrogens is 278 g/mol. The Morgan fingerprint density at radius 1 is 1.30 bits per heavy atom. The number of rotatable bonds is 5. The van der Waals surface area contributed by atoms with Gasteiger partial charge in [0.25, 0.3) is 0 Å². The van der Waals surface area contributed by atoms with Crippen LogP contribution in [0.2, 0.25) is 0 Å². The van der Waals surface area contributed by atoms with Crippen molar-refractivity contribution in [3.8, 4) is 0 Å². The summed E-state index contributed by atoms with van der Waals surface area (Å²) in [7, 11) is -3.45. The normalized spacial score (nSPS) is 27.6. The van der Waals surface area contributed by atoms with Crippen LogP contribution in [-0.4, -0.2) is 43.6 Å². The van der Waals surface area contributed by atoms with E-state index < -0.39 is 32.4 Å². The van der Waals surface area contributed by atoms with Crippen LogP contribution >= 0.6 is 0 Å². The second-order valence-corrected chi connectivity index (χ2v) is 8.75. The summed E-state index contributed by atoms with van der Waals surface area (Å²) in [4.78, 5) is 11.7. The van der Waals surface area contributed by atoms with Crippen molar-refractivity contribution in [3.05, 3.63) is 0 Å². The zero-order valence-corrected chi connectivity index (χ0v) is 13.9. The molecule has 0 aromatic heterocycles. The molecular formula is C14H27NO4S. The Morgan fingerprint density at radius 3 is 2.40 bits per heavy atom. The van der Waals surface area contributed by atoms with E-state index >= 15 is 0 Å². The van der Waals surface area contributed by atoms with Crippen molar-refractivity contribution in [2.24, 2.45) is 5.92 Å². The first-order valence-electron chi connectivity index (χ1n) is 7.23. The van der Waals surface area contributed by atoms with Crippen LogP contribution in [0.25, 0.3) is 0 Å². The number of esters is 1. The van der Waals surface area contributed by atoms with E-state index in [1.165, 1.54) is 0 Å². The zero-order chi connectivity index (χ0) is 15.6. The molecule has 1 aliphatic carbocycles. The molecule has 3 atom stereocenters. The summed E-state index contributed by atoms with van der Waals surface area (Å²) in [6, 6.07) is 0.221. The summed E-state index contributed by atoms with van der Waals surface area (Å²) >= 11 is 0. The molecule has 1 rings (SSSR count). The Morgan fingerprint density at radius 2 is 1.90 bits per heavy atom. The number of carbonyl (C=O) groups is 1. The lowest BCUT2D eigenvalue weighted by Crippen LogP contribution is -2.38. The molecule has 0 spiro atoms. The van der Waals surface area contributed by atoms with Gasteiger partial charge >= 0.3 is 5.97 Å².